The lowest BCUT2D eigenvalue weighted by molar-refractivity contribution is -0.177. The van der Waals surface area contributed by atoms with Gasteiger partial charge in [0, 0.05) is 36.5 Å². The highest BCUT2D eigenvalue weighted by Crippen LogP contribution is 2.42. The summed E-state index contributed by atoms with van der Waals surface area (Å²) in [6.07, 6.45) is -5.95. The van der Waals surface area contributed by atoms with E-state index < -0.39 is 54.2 Å². The summed E-state index contributed by atoms with van der Waals surface area (Å²) in [4.78, 5) is 40.3. The third-order valence-corrected chi connectivity index (χ3v) is 9.09. The van der Waals surface area contributed by atoms with E-state index in [-0.39, 0.29) is 65.9 Å². The van der Waals surface area contributed by atoms with Crippen LogP contribution in [0.15, 0.2) is 30.6 Å². The Bertz CT molecular complexity index is 1590. The largest absolute Gasteiger partial charge is 0.493 e. The van der Waals surface area contributed by atoms with Crippen LogP contribution >= 0.6 is 11.3 Å². The number of hydrogen-bond donors (Lipinski definition) is 2. The van der Waals surface area contributed by atoms with Gasteiger partial charge in [0.25, 0.3) is 5.91 Å². The Hall–Kier alpha value is -4.06. The first-order valence-electron chi connectivity index (χ1n) is 15.1. The molecule has 2 aliphatic heterocycles. The van der Waals surface area contributed by atoms with Gasteiger partial charge in [0.1, 0.15) is 23.3 Å². The molecule has 0 spiro atoms. The maximum Gasteiger partial charge on any atom is 0.419 e. The molecule has 0 radical (unpaired) electrons. The number of nitrogens with one attached hydrogen (secondary N) is 1. The molecular formula is C30H31F7N6O4S. The number of hydrogen-bond acceptors (Lipinski definition) is 9. The lowest BCUT2D eigenvalue weighted by Gasteiger charge is -2.30. The maximum absolute atomic E-state index is 14.0. The van der Waals surface area contributed by atoms with Crippen LogP contribution in [0.1, 0.15) is 53.0 Å². The molecule has 1 aromatic carbocycles. The van der Waals surface area contributed by atoms with Crippen molar-refractivity contribution in [3.05, 3.63) is 46.7 Å². The number of amides is 1. The van der Waals surface area contributed by atoms with Gasteiger partial charge < -0.3 is 14.7 Å². The number of aliphatic carboxylic acids is 1. The standard InChI is InChI=1S/C30H31F7N6O4S/c31-8-2-12-47-21-5-4-18(13-19(21)29(32,33)34)25-22(16-43-9-1-3-23(43)30(35,36)37)48-28(40-25)41-26(44)20-14-39-24(15-38-20)42-10-6-17(7-11-42)27(45)46/h4-5,13-15,17,23H,1-3,6-12,16H2,(H,45,46)(H,40,41,44). The highest BCUT2D eigenvalue weighted by atomic mass is 32.1. The molecule has 0 aliphatic carbocycles. The second kappa shape index (κ2) is 14.6. The molecule has 1 atom stereocenters. The van der Waals surface area contributed by atoms with Crippen molar-refractivity contribution in [1.29, 1.82) is 0 Å². The third kappa shape index (κ3) is 8.32. The molecule has 2 aliphatic rings. The van der Waals surface area contributed by atoms with Crippen molar-refractivity contribution in [2.24, 2.45) is 5.92 Å². The van der Waals surface area contributed by atoms with Gasteiger partial charge in [-0.15, -0.1) is 0 Å². The van der Waals surface area contributed by atoms with Gasteiger partial charge >= 0.3 is 18.3 Å². The molecule has 2 N–H and O–H groups in total. The van der Waals surface area contributed by atoms with E-state index in [0.29, 0.717) is 31.7 Å². The molecule has 2 fully saturated rings. The normalized spacial score (nSPS) is 17.9. The summed E-state index contributed by atoms with van der Waals surface area (Å²) in [5, 5.41) is 11.6. The zero-order chi connectivity index (χ0) is 34.6. The number of thiazole rings is 1. The number of carbonyl (C=O) groups is 2. The van der Waals surface area contributed by atoms with Crippen molar-refractivity contribution in [3.63, 3.8) is 0 Å². The van der Waals surface area contributed by atoms with Gasteiger partial charge in [0.05, 0.1) is 42.9 Å². The number of ether oxygens (including phenoxy) is 1. The SMILES string of the molecule is O=C(Nc1nc(-c2ccc(OCCCF)c(C(F)(F)F)c2)c(CN2CCCC2C(F)(F)F)s1)c1cnc(N2CCC(C(=O)O)CC2)cn1. The molecule has 5 rings (SSSR count). The van der Waals surface area contributed by atoms with E-state index in [1.165, 1.54) is 23.4 Å². The van der Waals surface area contributed by atoms with Crippen LogP contribution in [0, 0.1) is 5.92 Å². The van der Waals surface area contributed by atoms with E-state index in [0.717, 1.165) is 23.5 Å². The number of piperidine rings is 1. The highest BCUT2D eigenvalue weighted by molar-refractivity contribution is 7.16. The molecule has 2 saturated heterocycles. The number of alkyl halides is 7. The summed E-state index contributed by atoms with van der Waals surface area (Å²) < 4.78 is 101. The van der Waals surface area contributed by atoms with Gasteiger partial charge in [-0.1, -0.05) is 11.3 Å². The summed E-state index contributed by atoms with van der Waals surface area (Å²) >= 11 is 0.829. The zero-order valence-corrected chi connectivity index (χ0v) is 26.1. The lowest BCUT2D eigenvalue weighted by atomic mass is 9.97. The van der Waals surface area contributed by atoms with Crippen LogP contribution in [0.25, 0.3) is 11.3 Å². The Morgan fingerprint density at radius 1 is 1.04 bits per heavy atom. The molecule has 18 heteroatoms. The summed E-state index contributed by atoms with van der Waals surface area (Å²) in [5.74, 6) is -2.16. The van der Waals surface area contributed by atoms with E-state index in [1.54, 1.807) is 0 Å². The van der Waals surface area contributed by atoms with Crippen LogP contribution in [-0.4, -0.2) is 82.0 Å². The van der Waals surface area contributed by atoms with E-state index in [4.69, 9.17) is 4.74 Å². The molecule has 3 aromatic rings. The molecule has 0 bridgehead atoms. The Morgan fingerprint density at radius 3 is 2.42 bits per heavy atom. The Morgan fingerprint density at radius 2 is 1.79 bits per heavy atom. The molecule has 1 amide bonds. The van der Waals surface area contributed by atoms with Crippen LogP contribution in [0.4, 0.5) is 41.7 Å². The molecule has 260 valence electrons. The van der Waals surface area contributed by atoms with E-state index >= 15 is 0 Å². The van der Waals surface area contributed by atoms with Crippen LogP contribution in [0.5, 0.6) is 5.75 Å². The number of aromatic nitrogens is 3. The Balaban J connectivity index is 1.40. The Labute approximate surface area is 273 Å². The van der Waals surface area contributed by atoms with Gasteiger partial charge in [0.2, 0.25) is 0 Å². The summed E-state index contributed by atoms with van der Waals surface area (Å²) in [5.41, 5.74) is -1.40. The Kier molecular flexibility index (Phi) is 10.7. The molecule has 10 nitrogen and oxygen atoms in total. The van der Waals surface area contributed by atoms with Crippen molar-refractivity contribution < 1.29 is 50.2 Å². The number of carboxylic acid groups (broad SMARTS) is 1. The predicted molar refractivity (Wildman–Crippen MR) is 161 cm³/mol. The predicted octanol–water partition coefficient (Wildman–Crippen LogP) is 6.44. The van der Waals surface area contributed by atoms with Crippen LogP contribution in [0.2, 0.25) is 0 Å². The first-order chi connectivity index (χ1) is 22.7. The minimum atomic E-state index is -4.87. The van der Waals surface area contributed by atoms with Crippen LogP contribution in [0.3, 0.4) is 0 Å². The lowest BCUT2D eigenvalue weighted by Crippen LogP contribution is -2.40. The highest BCUT2D eigenvalue weighted by Gasteiger charge is 2.46. The van der Waals surface area contributed by atoms with Gasteiger partial charge in [-0.3, -0.25) is 24.2 Å². The van der Waals surface area contributed by atoms with Crippen LogP contribution in [-0.2, 0) is 17.5 Å². The average Bonchev–Trinajstić information content (AvgIpc) is 3.68. The number of anilines is 2. The fraction of sp³-hybridized carbons (Fsp3) is 0.500. The van der Waals surface area contributed by atoms with Gasteiger partial charge in [-0.05, 0) is 50.4 Å². The van der Waals surface area contributed by atoms with E-state index in [2.05, 4.69) is 20.3 Å². The average molecular weight is 705 g/mol. The molecule has 48 heavy (non-hydrogen) atoms. The molecule has 0 saturated carbocycles. The second-order valence-corrected chi connectivity index (χ2v) is 12.5. The molecule has 2 aromatic heterocycles. The smallest absolute Gasteiger partial charge is 0.419 e. The van der Waals surface area contributed by atoms with Gasteiger partial charge in [-0.25, -0.2) is 15.0 Å². The second-order valence-electron chi connectivity index (χ2n) is 11.4. The van der Waals surface area contributed by atoms with Crippen molar-refractivity contribution in [1.82, 2.24) is 19.9 Å². The third-order valence-electron chi connectivity index (χ3n) is 8.14. The zero-order valence-electron chi connectivity index (χ0n) is 25.3. The number of likely N-dealkylation sites (tertiary alicyclic amines) is 1. The van der Waals surface area contributed by atoms with Gasteiger partial charge in [-0.2, -0.15) is 26.3 Å². The topological polar surface area (TPSA) is 121 Å². The number of carboxylic acids is 1. The summed E-state index contributed by atoms with van der Waals surface area (Å²) in [6.45, 7) is -0.374. The minimum absolute atomic E-state index is 0.0462. The van der Waals surface area contributed by atoms with Crippen molar-refractivity contribution >= 4 is 34.2 Å². The van der Waals surface area contributed by atoms with E-state index in [9.17, 15) is 45.4 Å². The quantitative estimate of drug-likeness (QED) is 0.172. The number of rotatable bonds is 11. The van der Waals surface area contributed by atoms with Crippen molar-refractivity contribution in [2.75, 3.05) is 43.1 Å². The molecular weight excluding hydrogens is 673 g/mol. The summed E-state index contributed by atoms with van der Waals surface area (Å²) in [6, 6.07) is 1.35. The first kappa shape index (κ1) is 35.3. The van der Waals surface area contributed by atoms with Crippen LogP contribution < -0.4 is 15.0 Å². The number of nitrogens with zero attached hydrogens (tertiary/aromatic N) is 5. The van der Waals surface area contributed by atoms with Gasteiger partial charge in [0.15, 0.2) is 5.13 Å². The minimum Gasteiger partial charge on any atom is -0.493 e. The first-order valence-corrected chi connectivity index (χ1v) is 15.9. The maximum atomic E-state index is 14.0. The fourth-order valence-electron chi connectivity index (χ4n) is 5.69. The van der Waals surface area contributed by atoms with E-state index in [1.807, 2.05) is 4.90 Å². The fourth-order valence-corrected chi connectivity index (χ4v) is 6.69. The van der Waals surface area contributed by atoms with Crippen molar-refractivity contribution in [3.8, 4) is 17.0 Å². The number of benzene rings is 1. The summed E-state index contributed by atoms with van der Waals surface area (Å²) in [7, 11) is 0. The molecule has 4 heterocycles. The number of carbonyl (C=O) groups excluding carboxylic acids is 1. The number of halogens is 7. The monoisotopic (exact) mass is 704 g/mol. The van der Waals surface area contributed by atoms with Crippen molar-refractivity contribution in [2.45, 2.75) is 57.0 Å². The molecule has 1 unspecified atom stereocenters.